The first-order chi connectivity index (χ1) is 5.70. The number of halogens is 1. The first kappa shape index (κ1) is 7.80. The Morgan fingerprint density at radius 1 is 1.33 bits per heavy atom. The number of hydrogen-bond donors (Lipinski definition) is 1. The zero-order valence-electron chi connectivity index (χ0n) is 6.30. The fourth-order valence-electron chi connectivity index (χ4n) is 1.53. The van der Waals surface area contributed by atoms with Crippen molar-refractivity contribution in [3.63, 3.8) is 0 Å². The van der Waals surface area contributed by atoms with Crippen molar-refractivity contribution in [1.82, 2.24) is 0 Å². The number of carbonyl (C=O) groups is 1. The third-order valence-electron chi connectivity index (χ3n) is 2.12. The van der Waals surface area contributed by atoms with E-state index in [1.165, 1.54) is 0 Å². The van der Waals surface area contributed by atoms with Crippen LogP contribution in [0.5, 0.6) is 5.75 Å². The zero-order chi connectivity index (χ0) is 8.72. The second-order valence-corrected chi connectivity index (χ2v) is 3.70. The Kier molecular flexibility index (Phi) is 1.68. The van der Waals surface area contributed by atoms with Crippen LogP contribution in [0.4, 0.5) is 0 Å². The molecule has 0 heterocycles. The molecule has 2 rings (SSSR count). The Morgan fingerprint density at radius 2 is 2.08 bits per heavy atom. The second kappa shape index (κ2) is 2.59. The van der Waals surface area contributed by atoms with Crippen LogP contribution in [0.25, 0.3) is 0 Å². The number of ketones is 1. The molecule has 1 aromatic carbocycles. The lowest BCUT2D eigenvalue weighted by molar-refractivity contribution is 0.0994. The molecular formula is C9H7BrO2. The van der Waals surface area contributed by atoms with Gasteiger partial charge in [-0.25, -0.2) is 0 Å². The summed E-state index contributed by atoms with van der Waals surface area (Å²) >= 11 is 3.29. The van der Waals surface area contributed by atoms with Gasteiger partial charge in [-0.2, -0.15) is 0 Å². The van der Waals surface area contributed by atoms with Gasteiger partial charge in [-0.05, 0) is 18.6 Å². The minimum atomic E-state index is 0.118. The van der Waals surface area contributed by atoms with E-state index in [0.29, 0.717) is 18.4 Å². The summed E-state index contributed by atoms with van der Waals surface area (Å²) in [5.41, 5.74) is 1.45. The van der Waals surface area contributed by atoms with Gasteiger partial charge in [0.25, 0.3) is 0 Å². The van der Waals surface area contributed by atoms with Gasteiger partial charge in [0.15, 0.2) is 5.78 Å². The Morgan fingerprint density at radius 3 is 2.75 bits per heavy atom. The number of rotatable bonds is 0. The molecule has 1 aliphatic carbocycles. The molecule has 0 aliphatic heterocycles. The van der Waals surface area contributed by atoms with E-state index >= 15 is 0 Å². The maximum Gasteiger partial charge on any atom is 0.164 e. The van der Waals surface area contributed by atoms with Crippen LogP contribution in [0.1, 0.15) is 22.3 Å². The van der Waals surface area contributed by atoms with Gasteiger partial charge < -0.3 is 5.11 Å². The standard InChI is InChI=1S/C9H7BrO2/c10-6-2-4-7(11)5-1-3-8(12)9(5)6/h2,4,11H,1,3H2. The summed E-state index contributed by atoms with van der Waals surface area (Å²) < 4.78 is 0.790. The van der Waals surface area contributed by atoms with E-state index in [-0.39, 0.29) is 11.5 Å². The van der Waals surface area contributed by atoms with Gasteiger partial charge in [-0.15, -0.1) is 0 Å². The summed E-state index contributed by atoms with van der Waals surface area (Å²) in [6.07, 6.45) is 1.19. The maximum atomic E-state index is 11.3. The minimum Gasteiger partial charge on any atom is -0.508 e. The molecule has 0 unspecified atom stereocenters. The number of phenolic OH excluding ortho intramolecular Hbond substituents is 1. The van der Waals surface area contributed by atoms with E-state index in [2.05, 4.69) is 15.9 Å². The number of benzene rings is 1. The number of aromatic hydroxyl groups is 1. The molecule has 0 amide bonds. The van der Waals surface area contributed by atoms with Gasteiger partial charge in [0.05, 0.1) is 0 Å². The molecule has 0 fully saturated rings. The van der Waals surface area contributed by atoms with Crippen molar-refractivity contribution in [2.45, 2.75) is 12.8 Å². The van der Waals surface area contributed by atoms with Gasteiger partial charge >= 0.3 is 0 Å². The van der Waals surface area contributed by atoms with Crippen molar-refractivity contribution >= 4 is 21.7 Å². The van der Waals surface area contributed by atoms with Crippen LogP contribution in [0.2, 0.25) is 0 Å². The molecular weight excluding hydrogens is 220 g/mol. The topological polar surface area (TPSA) is 37.3 Å². The normalized spacial score (nSPS) is 14.9. The van der Waals surface area contributed by atoms with Gasteiger partial charge in [0.1, 0.15) is 5.75 Å². The van der Waals surface area contributed by atoms with E-state index in [1.54, 1.807) is 12.1 Å². The number of phenols is 1. The summed E-state index contributed by atoms with van der Waals surface area (Å²) in [6, 6.07) is 3.32. The van der Waals surface area contributed by atoms with E-state index in [4.69, 9.17) is 0 Å². The number of carbonyl (C=O) groups excluding carboxylic acids is 1. The molecule has 0 saturated heterocycles. The molecule has 0 radical (unpaired) electrons. The molecule has 0 spiro atoms. The van der Waals surface area contributed by atoms with Crippen molar-refractivity contribution in [3.05, 3.63) is 27.7 Å². The Bertz CT molecular complexity index is 358. The Labute approximate surface area is 78.3 Å². The average molecular weight is 227 g/mol. The molecule has 3 heteroatoms. The van der Waals surface area contributed by atoms with Crippen molar-refractivity contribution in [2.75, 3.05) is 0 Å². The largest absolute Gasteiger partial charge is 0.508 e. The molecule has 1 aromatic rings. The lowest BCUT2D eigenvalue weighted by Gasteiger charge is -2.02. The van der Waals surface area contributed by atoms with E-state index in [1.807, 2.05) is 0 Å². The van der Waals surface area contributed by atoms with Crippen LogP contribution in [0.15, 0.2) is 16.6 Å². The number of Topliss-reactive ketones (excluding diaryl/α,β-unsaturated/α-hetero) is 1. The van der Waals surface area contributed by atoms with Crippen molar-refractivity contribution in [1.29, 1.82) is 0 Å². The van der Waals surface area contributed by atoms with Crippen LogP contribution >= 0.6 is 15.9 Å². The van der Waals surface area contributed by atoms with E-state index in [0.717, 1.165) is 10.0 Å². The highest BCUT2D eigenvalue weighted by atomic mass is 79.9. The molecule has 1 N–H and O–H groups in total. The van der Waals surface area contributed by atoms with E-state index in [9.17, 15) is 9.90 Å². The molecule has 0 saturated carbocycles. The average Bonchev–Trinajstić information content (AvgIpc) is 2.42. The predicted octanol–water partition coefficient (Wildman–Crippen LogP) is 2.28. The van der Waals surface area contributed by atoms with Crippen LogP contribution < -0.4 is 0 Å². The Hall–Kier alpha value is -0.830. The third-order valence-corrected chi connectivity index (χ3v) is 2.78. The first-order valence-corrected chi connectivity index (χ1v) is 4.53. The number of fused-ring (bicyclic) bond motifs is 1. The Balaban J connectivity index is 2.72. The maximum absolute atomic E-state index is 11.3. The lowest BCUT2D eigenvalue weighted by Crippen LogP contribution is -1.92. The quantitative estimate of drug-likeness (QED) is 0.738. The third kappa shape index (κ3) is 0.966. The molecule has 12 heavy (non-hydrogen) atoms. The van der Waals surface area contributed by atoms with Gasteiger partial charge in [0.2, 0.25) is 0 Å². The SMILES string of the molecule is O=C1CCc2c(O)ccc(Br)c21. The summed E-state index contributed by atoms with van der Waals surface area (Å²) in [6.45, 7) is 0. The molecule has 2 nitrogen and oxygen atoms in total. The van der Waals surface area contributed by atoms with Crippen LogP contribution in [0.3, 0.4) is 0 Å². The molecule has 0 bridgehead atoms. The van der Waals surface area contributed by atoms with Crippen molar-refractivity contribution in [2.24, 2.45) is 0 Å². The van der Waals surface area contributed by atoms with E-state index < -0.39 is 0 Å². The highest BCUT2D eigenvalue weighted by Gasteiger charge is 2.24. The van der Waals surface area contributed by atoms with Gasteiger partial charge in [0, 0.05) is 22.0 Å². The van der Waals surface area contributed by atoms with Crippen molar-refractivity contribution < 1.29 is 9.90 Å². The molecule has 1 aliphatic rings. The smallest absolute Gasteiger partial charge is 0.164 e. The van der Waals surface area contributed by atoms with Crippen LogP contribution in [-0.2, 0) is 6.42 Å². The summed E-state index contributed by atoms with van der Waals surface area (Å²) in [7, 11) is 0. The predicted molar refractivity (Wildman–Crippen MR) is 48.5 cm³/mol. The minimum absolute atomic E-state index is 0.118. The fraction of sp³-hybridized carbons (Fsp3) is 0.222. The summed E-state index contributed by atoms with van der Waals surface area (Å²) in [5, 5.41) is 9.40. The highest BCUT2D eigenvalue weighted by Crippen LogP contribution is 2.34. The summed E-state index contributed by atoms with van der Waals surface area (Å²) in [5.74, 6) is 0.354. The number of hydrogen-bond acceptors (Lipinski definition) is 2. The van der Waals surface area contributed by atoms with Crippen molar-refractivity contribution in [3.8, 4) is 5.75 Å². The zero-order valence-corrected chi connectivity index (χ0v) is 7.89. The van der Waals surface area contributed by atoms with Crippen LogP contribution in [-0.4, -0.2) is 10.9 Å². The lowest BCUT2D eigenvalue weighted by atomic mass is 10.1. The first-order valence-electron chi connectivity index (χ1n) is 3.73. The monoisotopic (exact) mass is 226 g/mol. The second-order valence-electron chi connectivity index (χ2n) is 2.84. The van der Waals surface area contributed by atoms with Gasteiger partial charge in [-0.3, -0.25) is 4.79 Å². The summed E-state index contributed by atoms with van der Waals surface area (Å²) in [4.78, 5) is 11.3. The highest BCUT2D eigenvalue weighted by molar-refractivity contribution is 9.10. The molecule has 62 valence electrons. The fourth-order valence-corrected chi connectivity index (χ4v) is 2.12. The van der Waals surface area contributed by atoms with Gasteiger partial charge in [-0.1, -0.05) is 15.9 Å². The molecule has 0 atom stereocenters. The molecule has 0 aromatic heterocycles. The van der Waals surface area contributed by atoms with Crippen LogP contribution in [0, 0.1) is 0 Å².